The summed E-state index contributed by atoms with van der Waals surface area (Å²) in [5, 5.41) is 12.6. The van der Waals surface area contributed by atoms with Gasteiger partial charge < -0.3 is 10.6 Å². The molecule has 2 amide bonds. The molecule has 8 heteroatoms. The molecule has 1 aliphatic heterocycles. The number of carbonyl (C=O) groups excluding carboxylic acids is 2. The molecule has 96 valence electrons. The number of rotatable bonds is 3. The van der Waals surface area contributed by atoms with E-state index in [1.54, 1.807) is 0 Å². The van der Waals surface area contributed by atoms with Gasteiger partial charge in [0.2, 0.25) is 5.91 Å². The molecular formula is C10H10Cl2N4O2. The number of carbonyl (C=O) groups is 2. The lowest BCUT2D eigenvalue weighted by atomic mass is 10.2. The first-order valence-corrected chi connectivity index (χ1v) is 6.08. The quantitative estimate of drug-likeness (QED) is 0.861. The van der Waals surface area contributed by atoms with Crippen molar-refractivity contribution >= 4 is 35.0 Å². The van der Waals surface area contributed by atoms with Crippen LogP contribution < -0.4 is 10.6 Å². The third kappa shape index (κ3) is 3.08. The summed E-state index contributed by atoms with van der Waals surface area (Å²) in [6.07, 6.45) is 1.20. The Morgan fingerprint density at radius 1 is 1.50 bits per heavy atom. The molecule has 1 unspecified atom stereocenters. The Kier molecular flexibility index (Phi) is 3.98. The van der Waals surface area contributed by atoms with Crippen LogP contribution in [0.2, 0.25) is 10.3 Å². The first kappa shape index (κ1) is 13.0. The Morgan fingerprint density at radius 2 is 2.28 bits per heavy atom. The van der Waals surface area contributed by atoms with Gasteiger partial charge in [0.25, 0.3) is 5.91 Å². The smallest absolute Gasteiger partial charge is 0.254 e. The number of halogens is 2. The molecule has 2 N–H and O–H groups in total. The third-order valence-corrected chi connectivity index (χ3v) is 3.02. The van der Waals surface area contributed by atoms with Crippen molar-refractivity contribution in [2.24, 2.45) is 0 Å². The van der Waals surface area contributed by atoms with Gasteiger partial charge in [0.15, 0.2) is 10.3 Å². The highest BCUT2D eigenvalue weighted by Gasteiger charge is 2.22. The van der Waals surface area contributed by atoms with E-state index >= 15 is 0 Å². The molecular weight excluding hydrogens is 279 g/mol. The van der Waals surface area contributed by atoms with E-state index < -0.39 is 5.91 Å². The Morgan fingerprint density at radius 3 is 2.94 bits per heavy atom. The van der Waals surface area contributed by atoms with Gasteiger partial charge in [-0.3, -0.25) is 9.59 Å². The van der Waals surface area contributed by atoms with Crippen molar-refractivity contribution in [3.63, 3.8) is 0 Å². The average Bonchev–Trinajstić information content (AvgIpc) is 2.75. The molecule has 1 aromatic rings. The molecule has 1 aromatic heterocycles. The largest absolute Gasteiger partial charge is 0.352 e. The molecule has 1 fully saturated rings. The maximum absolute atomic E-state index is 11.8. The van der Waals surface area contributed by atoms with E-state index in [-0.39, 0.29) is 27.8 Å². The molecule has 0 aromatic carbocycles. The van der Waals surface area contributed by atoms with Gasteiger partial charge in [-0.15, -0.1) is 10.2 Å². The number of nitrogens with one attached hydrogen (secondary N) is 2. The molecule has 0 bridgehead atoms. The number of amides is 2. The molecule has 1 atom stereocenters. The summed E-state index contributed by atoms with van der Waals surface area (Å²) in [4.78, 5) is 22.8. The predicted octanol–water partition coefficient (Wildman–Crippen LogP) is 0.792. The molecule has 1 saturated heterocycles. The lowest BCUT2D eigenvalue weighted by Crippen LogP contribution is -2.38. The van der Waals surface area contributed by atoms with Crippen LogP contribution in [0, 0.1) is 0 Å². The van der Waals surface area contributed by atoms with Crippen LogP contribution in [-0.4, -0.2) is 34.6 Å². The third-order valence-electron chi connectivity index (χ3n) is 2.56. The molecule has 0 radical (unpaired) electrons. The summed E-state index contributed by atoms with van der Waals surface area (Å²) in [6, 6.07) is 1.31. The van der Waals surface area contributed by atoms with E-state index in [1.165, 1.54) is 6.07 Å². The van der Waals surface area contributed by atoms with Crippen molar-refractivity contribution in [3.05, 3.63) is 21.9 Å². The normalized spacial score (nSPS) is 18.6. The van der Waals surface area contributed by atoms with Gasteiger partial charge in [0, 0.05) is 19.0 Å². The van der Waals surface area contributed by atoms with E-state index in [9.17, 15) is 9.59 Å². The highest BCUT2D eigenvalue weighted by Crippen LogP contribution is 2.15. The Hall–Kier alpha value is -1.40. The summed E-state index contributed by atoms with van der Waals surface area (Å²) in [5.74, 6) is -0.390. The number of nitrogens with zero attached hydrogens (tertiary/aromatic N) is 2. The molecule has 6 nitrogen and oxygen atoms in total. The zero-order valence-corrected chi connectivity index (χ0v) is 10.8. The van der Waals surface area contributed by atoms with Gasteiger partial charge in [0.1, 0.15) is 0 Å². The highest BCUT2D eigenvalue weighted by molar-refractivity contribution is 6.34. The topological polar surface area (TPSA) is 84.0 Å². The molecule has 0 aliphatic carbocycles. The van der Waals surface area contributed by atoms with E-state index in [2.05, 4.69) is 20.8 Å². The lowest BCUT2D eigenvalue weighted by molar-refractivity contribution is -0.119. The Labute approximate surface area is 113 Å². The fraction of sp³-hybridized carbons (Fsp3) is 0.400. The fourth-order valence-corrected chi connectivity index (χ4v) is 1.98. The Bertz CT molecular complexity index is 495. The van der Waals surface area contributed by atoms with Crippen LogP contribution >= 0.6 is 23.2 Å². The fourth-order valence-electron chi connectivity index (χ4n) is 1.65. The van der Waals surface area contributed by atoms with E-state index in [0.717, 1.165) is 0 Å². The summed E-state index contributed by atoms with van der Waals surface area (Å²) >= 11 is 11.4. The van der Waals surface area contributed by atoms with Crippen LogP contribution in [0.15, 0.2) is 6.07 Å². The highest BCUT2D eigenvalue weighted by atomic mass is 35.5. The molecule has 0 spiro atoms. The van der Waals surface area contributed by atoms with Gasteiger partial charge in [-0.2, -0.15) is 0 Å². The minimum atomic E-state index is -0.391. The standard InChI is InChI=1S/C10H10Cl2N4O2/c11-7-3-6(9(12)16-15-7)10(18)13-4-5-1-2-8(17)14-5/h3,5H,1-2,4H2,(H,13,18)(H,14,17). The van der Waals surface area contributed by atoms with Crippen LogP contribution in [0.25, 0.3) is 0 Å². The summed E-state index contributed by atoms with van der Waals surface area (Å²) in [5.41, 5.74) is 0.168. The Balaban J connectivity index is 1.95. The van der Waals surface area contributed by atoms with Crippen molar-refractivity contribution in [2.45, 2.75) is 18.9 Å². The lowest BCUT2D eigenvalue weighted by Gasteiger charge is -2.11. The van der Waals surface area contributed by atoms with Crippen LogP contribution in [0.3, 0.4) is 0 Å². The van der Waals surface area contributed by atoms with Gasteiger partial charge in [-0.1, -0.05) is 23.2 Å². The molecule has 2 heterocycles. The van der Waals surface area contributed by atoms with Crippen molar-refractivity contribution in [1.29, 1.82) is 0 Å². The number of hydrogen-bond donors (Lipinski definition) is 2. The first-order valence-electron chi connectivity index (χ1n) is 5.32. The zero-order chi connectivity index (χ0) is 13.1. The summed E-state index contributed by atoms with van der Waals surface area (Å²) in [7, 11) is 0. The monoisotopic (exact) mass is 288 g/mol. The summed E-state index contributed by atoms with van der Waals surface area (Å²) < 4.78 is 0. The van der Waals surface area contributed by atoms with Gasteiger partial charge >= 0.3 is 0 Å². The van der Waals surface area contributed by atoms with E-state index in [4.69, 9.17) is 23.2 Å². The van der Waals surface area contributed by atoms with Crippen molar-refractivity contribution in [1.82, 2.24) is 20.8 Å². The first-order chi connectivity index (χ1) is 8.56. The SMILES string of the molecule is O=C1CCC(CNC(=O)c2cc(Cl)nnc2Cl)N1. The maximum atomic E-state index is 11.8. The molecule has 18 heavy (non-hydrogen) atoms. The van der Waals surface area contributed by atoms with Crippen LogP contribution in [0.1, 0.15) is 23.2 Å². The molecule has 2 rings (SSSR count). The molecule has 0 saturated carbocycles. The maximum Gasteiger partial charge on any atom is 0.254 e. The molecule has 1 aliphatic rings. The minimum absolute atomic E-state index is 0.000837. The second-order valence-corrected chi connectivity index (χ2v) is 4.63. The van der Waals surface area contributed by atoms with E-state index in [0.29, 0.717) is 19.4 Å². The van der Waals surface area contributed by atoms with Crippen molar-refractivity contribution in [3.8, 4) is 0 Å². The van der Waals surface area contributed by atoms with E-state index in [1.807, 2.05) is 0 Å². The number of aromatic nitrogens is 2. The number of hydrogen-bond acceptors (Lipinski definition) is 4. The summed E-state index contributed by atoms with van der Waals surface area (Å²) in [6.45, 7) is 0.348. The van der Waals surface area contributed by atoms with Crippen LogP contribution in [-0.2, 0) is 4.79 Å². The van der Waals surface area contributed by atoms with Crippen LogP contribution in [0.5, 0.6) is 0 Å². The van der Waals surface area contributed by atoms with Gasteiger partial charge in [-0.05, 0) is 12.5 Å². The predicted molar refractivity (Wildman–Crippen MR) is 65.5 cm³/mol. The van der Waals surface area contributed by atoms with Crippen LogP contribution in [0.4, 0.5) is 0 Å². The second kappa shape index (κ2) is 5.49. The zero-order valence-electron chi connectivity index (χ0n) is 9.24. The second-order valence-electron chi connectivity index (χ2n) is 3.88. The van der Waals surface area contributed by atoms with Crippen molar-refractivity contribution in [2.75, 3.05) is 6.54 Å². The minimum Gasteiger partial charge on any atom is -0.352 e. The van der Waals surface area contributed by atoms with Gasteiger partial charge in [-0.25, -0.2) is 0 Å². The van der Waals surface area contributed by atoms with Crippen molar-refractivity contribution < 1.29 is 9.59 Å². The van der Waals surface area contributed by atoms with Gasteiger partial charge in [0.05, 0.1) is 5.56 Å². The average molecular weight is 289 g/mol.